The first-order valence-electron chi connectivity index (χ1n) is 5.76. The van der Waals surface area contributed by atoms with Crippen molar-refractivity contribution in [1.29, 1.82) is 0 Å². The minimum Gasteiger partial charge on any atom is -0.497 e. The molecule has 18 heavy (non-hydrogen) atoms. The summed E-state index contributed by atoms with van der Waals surface area (Å²) in [7, 11) is 1.61. The second kappa shape index (κ2) is 5.04. The third kappa shape index (κ3) is 2.59. The van der Waals surface area contributed by atoms with Crippen LogP contribution in [0.1, 0.15) is 17.7 Å². The van der Waals surface area contributed by atoms with Gasteiger partial charge in [-0.05, 0) is 43.2 Å². The number of rotatable bonds is 4. The predicted octanol–water partition coefficient (Wildman–Crippen LogP) is 2.57. The van der Waals surface area contributed by atoms with Gasteiger partial charge in [0.2, 0.25) is 0 Å². The predicted molar refractivity (Wildman–Crippen MR) is 69.0 cm³/mol. The first kappa shape index (κ1) is 12.4. The van der Waals surface area contributed by atoms with Gasteiger partial charge in [0.1, 0.15) is 5.75 Å². The van der Waals surface area contributed by atoms with Crippen LogP contribution >= 0.6 is 0 Å². The highest BCUT2D eigenvalue weighted by Crippen LogP contribution is 2.24. The van der Waals surface area contributed by atoms with Crippen LogP contribution in [-0.4, -0.2) is 23.2 Å². The molecule has 0 aliphatic heterocycles. The second-order valence-corrected chi connectivity index (χ2v) is 4.20. The standard InChI is InChI=1S/C14H15NO3/c1-9-7-10(3-6-14(16)17)12-8-11(18-2)4-5-13(12)15-9/h4-5,7-8H,3,6H2,1-2H3,(H,16,17). The molecule has 0 aliphatic carbocycles. The Balaban J connectivity index is 2.50. The number of hydrogen-bond acceptors (Lipinski definition) is 3. The summed E-state index contributed by atoms with van der Waals surface area (Å²) in [5.74, 6) is -0.0368. The third-order valence-electron chi connectivity index (χ3n) is 2.84. The van der Waals surface area contributed by atoms with Gasteiger partial charge in [0.05, 0.1) is 12.6 Å². The highest BCUT2D eigenvalue weighted by atomic mass is 16.5. The molecule has 0 saturated carbocycles. The number of benzene rings is 1. The molecule has 1 aromatic heterocycles. The molecular formula is C14H15NO3. The molecule has 1 aromatic carbocycles. The molecule has 94 valence electrons. The van der Waals surface area contributed by atoms with E-state index in [9.17, 15) is 4.79 Å². The van der Waals surface area contributed by atoms with Crippen molar-refractivity contribution in [2.75, 3.05) is 7.11 Å². The molecule has 0 spiro atoms. The molecule has 0 fully saturated rings. The van der Waals surface area contributed by atoms with Crippen LogP contribution in [0.25, 0.3) is 10.9 Å². The summed E-state index contributed by atoms with van der Waals surface area (Å²) in [6, 6.07) is 7.59. The number of aliphatic carboxylic acids is 1. The largest absolute Gasteiger partial charge is 0.497 e. The lowest BCUT2D eigenvalue weighted by atomic mass is 10.0. The molecular weight excluding hydrogens is 230 g/mol. The van der Waals surface area contributed by atoms with Gasteiger partial charge in [-0.2, -0.15) is 0 Å². The van der Waals surface area contributed by atoms with E-state index in [1.54, 1.807) is 7.11 Å². The van der Waals surface area contributed by atoms with Gasteiger partial charge in [0.15, 0.2) is 0 Å². The van der Waals surface area contributed by atoms with Crippen molar-refractivity contribution in [3.8, 4) is 5.75 Å². The summed E-state index contributed by atoms with van der Waals surface area (Å²) in [5.41, 5.74) is 2.77. The van der Waals surface area contributed by atoms with Crippen molar-refractivity contribution < 1.29 is 14.6 Å². The van der Waals surface area contributed by atoms with Crippen LogP contribution in [0.15, 0.2) is 24.3 Å². The van der Waals surface area contributed by atoms with E-state index >= 15 is 0 Å². The van der Waals surface area contributed by atoms with Crippen LogP contribution < -0.4 is 4.74 Å². The molecule has 0 bridgehead atoms. The van der Waals surface area contributed by atoms with Crippen LogP contribution in [0.2, 0.25) is 0 Å². The van der Waals surface area contributed by atoms with E-state index in [1.165, 1.54) is 0 Å². The summed E-state index contributed by atoms with van der Waals surface area (Å²) in [5, 5.41) is 9.74. The van der Waals surface area contributed by atoms with Crippen molar-refractivity contribution in [2.24, 2.45) is 0 Å². The lowest BCUT2D eigenvalue weighted by molar-refractivity contribution is -0.136. The molecule has 0 unspecified atom stereocenters. The number of carboxylic acids is 1. The Labute approximate surface area is 105 Å². The van der Waals surface area contributed by atoms with Crippen LogP contribution in [0.3, 0.4) is 0 Å². The topological polar surface area (TPSA) is 59.4 Å². The lowest BCUT2D eigenvalue weighted by Gasteiger charge is -2.08. The number of ether oxygens (including phenoxy) is 1. The Morgan fingerprint density at radius 1 is 1.39 bits per heavy atom. The average molecular weight is 245 g/mol. The van der Waals surface area contributed by atoms with E-state index in [1.807, 2.05) is 31.2 Å². The van der Waals surface area contributed by atoms with E-state index in [0.29, 0.717) is 6.42 Å². The van der Waals surface area contributed by atoms with E-state index in [4.69, 9.17) is 9.84 Å². The Morgan fingerprint density at radius 2 is 2.17 bits per heavy atom. The van der Waals surface area contributed by atoms with E-state index in [2.05, 4.69) is 4.98 Å². The molecule has 0 saturated heterocycles. The maximum absolute atomic E-state index is 10.7. The minimum atomic E-state index is -0.791. The smallest absolute Gasteiger partial charge is 0.303 e. The monoisotopic (exact) mass is 245 g/mol. The summed E-state index contributed by atoms with van der Waals surface area (Å²) in [6.07, 6.45) is 0.623. The minimum absolute atomic E-state index is 0.121. The highest BCUT2D eigenvalue weighted by molar-refractivity contribution is 5.84. The summed E-state index contributed by atoms with van der Waals surface area (Å²) in [6.45, 7) is 1.91. The fourth-order valence-corrected chi connectivity index (χ4v) is 2.00. The van der Waals surface area contributed by atoms with Gasteiger partial charge in [-0.1, -0.05) is 0 Å². The molecule has 4 nitrogen and oxygen atoms in total. The SMILES string of the molecule is COc1ccc2nc(C)cc(CCC(=O)O)c2c1. The van der Waals surface area contributed by atoms with Crippen molar-refractivity contribution >= 4 is 16.9 Å². The number of aryl methyl sites for hydroxylation is 2. The molecule has 1 heterocycles. The number of hydrogen-bond donors (Lipinski definition) is 1. The van der Waals surface area contributed by atoms with Crippen molar-refractivity contribution in [3.63, 3.8) is 0 Å². The number of aromatic nitrogens is 1. The van der Waals surface area contributed by atoms with Crippen molar-refractivity contribution in [2.45, 2.75) is 19.8 Å². The fourth-order valence-electron chi connectivity index (χ4n) is 2.00. The maximum Gasteiger partial charge on any atom is 0.303 e. The van der Waals surface area contributed by atoms with Gasteiger partial charge < -0.3 is 9.84 Å². The number of methoxy groups -OCH3 is 1. The third-order valence-corrected chi connectivity index (χ3v) is 2.84. The number of carboxylic acid groups (broad SMARTS) is 1. The van der Waals surface area contributed by atoms with E-state index in [-0.39, 0.29) is 6.42 Å². The van der Waals surface area contributed by atoms with Gasteiger partial charge in [-0.3, -0.25) is 9.78 Å². The Kier molecular flexibility index (Phi) is 3.46. The van der Waals surface area contributed by atoms with E-state index in [0.717, 1.165) is 27.9 Å². The number of carbonyl (C=O) groups is 1. The molecule has 1 N–H and O–H groups in total. The highest BCUT2D eigenvalue weighted by Gasteiger charge is 2.07. The zero-order valence-corrected chi connectivity index (χ0v) is 10.4. The van der Waals surface area contributed by atoms with E-state index < -0.39 is 5.97 Å². The molecule has 4 heteroatoms. The fraction of sp³-hybridized carbons (Fsp3) is 0.286. The molecule has 2 rings (SSSR count). The number of nitrogens with zero attached hydrogens (tertiary/aromatic N) is 1. The Bertz CT molecular complexity index is 593. The Hall–Kier alpha value is -2.10. The molecule has 0 atom stereocenters. The van der Waals surface area contributed by atoms with Crippen LogP contribution in [0, 0.1) is 6.92 Å². The molecule has 0 radical (unpaired) electrons. The number of pyridine rings is 1. The zero-order chi connectivity index (χ0) is 13.1. The quantitative estimate of drug-likeness (QED) is 0.899. The summed E-state index contributed by atoms with van der Waals surface area (Å²) in [4.78, 5) is 15.1. The van der Waals surface area contributed by atoms with Crippen LogP contribution in [0.4, 0.5) is 0 Å². The first-order chi connectivity index (χ1) is 8.60. The normalized spacial score (nSPS) is 10.6. The van der Waals surface area contributed by atoms with Crippen molar-refractivity contribution in [1.82, 2.24) is 4.98 Å². The lowest BCUT2D eigenvalue weighted by Crippen LogP contribution is -1.99. The van der Waals surface area contributed by atoms with Gasteiger partial charge in [0.25, 0.3) is 0 Å². The maximum atomic E-state index is 10.7. The Morgan fingerprint density at radius 3 is 2.83 bits per heavy atom. The van der Waals surface area contributed by atoms with Crippen LogP contribution in [0.5, 0.6) is 5.75 Å². The van der Waals surface area contributed by atoms with Gasteiger partial charge >= 0.3 is 5.97 Å². The zero-order valence-electron chi connectivity index (χ0n) is 10.4. The molecule has 0 aliphatic rings. The van der Waals surface area contributed by atoms with Gasteiger partial charge in [0, 0.05) is 17.5 Å². The van der Waals surface area contributed by atoms with Crippen LogP contribution in [-0.2, 0) is 11.2 Å². The first-order valence-corrected chi connectivity index (χ1v) is 5.76. The molecule has 2 aromatic rings. The van der Waals surface area contributed by atoms with Gasteiger partial charge in [-0.15, -0.1) is 0 Å². The summed E-state index contributed by atoms with van der Waals surface area (Å²) >= 11 is 0. The summed E-state index contributed by atoms with van der Waals surface area (Å²) < 4.78 is 5.19. The van der Waals surface area contributed by atoms with Gasteiger partial charge in [-0.25, -0.2) is 0 Å². The number of fused-ring (bicyclic) bond motifs is 1. The average Bonchev–Trinajstić information content (AvgIpc) is 2.35. The van der Waals surface area contributed by atoms with Crippen molar-refractivity contribution in [3.05, 3.63) is 35.5 Å². The second-order valence-electron chi connectivity index (χ2n) is 4.20. The molecule has 0 amide bonds.